The van der Waals surface area contributed by atoms with Gasteiger partial charge in [-0.05, 0) is 44.2 Å². The second-order valence-corrected chi connectivity index (χ2v) is 5.64. The van der Waals surface area contributed by atoms with Gasteiger partial charge in [-0.3, -0.25) is 9.88 Å². The van der Waals surface area contributed by atoms with E-state index in [9.17, 15) is 5.11 Å². The number of pyridine rings is 1. The largest absolute Gasteiger partial charge is 0.396 e. The Hall–Kier alpha value is -0.930. The smallest absolute Gasteiger partial charge is 0.0471 e. The fourth-order valence-electron chi connectivity index (χ4n) is 2.51. The minimum absolute atomic E-state index is 0.224. The van der Waals surface area contributed by atoms with Crippen LogP contribution in [0, 0.1) is 5.92 Å². The Bertz CT molecular complexity index is 350. The van der Waals surface area contributed by atoms with Crippen molar-refractivity contribution in [3.05, 3.63) is 30.1 Å². The van der Waals surface area contributed by atoms with Crippen LogP contribution < -0.4 is 0 Å². The molecule has 2 heterocycles. The molecule has 17 heavy (non-hydrogen) atoms. The molecular weight excluding hydrogens is 212 g/mol. The van der Waals surface area contributed by atoms with Gasteiger partial charge in [0, 0.05) is 37.6 Å². The molecule has 0 spiro atoms. The molecule has 1 unspecified atom stereocenters. The Balaban J connectivity index is 2.06. The zero-order chi connectivity index (χ0) is 12.3. The number of hydrogen-bond acceptors (Lipinski definition) is 3. The van der Waals surface area contributed by atoms with Gasteiger partial charge in [-0.2, -0.15) is 0 Å². The molecule has 1 atom stereocenters. The number of aliphatic hydroxyl groups excluding tert-OH is 1. The Labute approximate surface area is 103 Å². The Kier molecular flexibility index (Phi) is 3.79. The van der Waals surface area contributed by atoms with Crippen LogP contribution in [0.5, 0.6) is 0 Å². The molecule has 1 aromatic rings. The summed E-state index contributed by atoms with van der Waals surface area (Å²) in [6, 6.07) is 4.10. The average Bonchev–Trinajstić information content (AvgIpc) is 2.33. The van der Waals surface area contributed by atoms with E-state index in [2.05, 4.69) is 29.8 Å². The topological polar surface area (TPSA) is 36.4 Å². The van der Waals surface area contributed by atoms with Crippen molar-refractivity contribution in [3.8, 4) is 0 Å². The molecule has 1 aliphatic rings. The van der Waals surface area contributed by atoms with E-state index in [1.807, 2.05) is 12.3 Å². The molecule has 1 fully saturated rings. The summed E-state index contributed by atoms with van der Waals surface area (Å²) in [5.41, 5.74) is 1.47. The van der Waals surface area contributed by atoms with Gasteiger partial charge in [0.15, 0.2) is 0 Å². The van der Waals surface area contributed by atoms with Crippen LogP contribution in [-0.4, -0.2) is 33.7 Å². The first-order chi connectivity index (χ1) is 8.12. The van der Waals surface area contributed by atoms with E-state index < -0.39 is 0 Å². The van der Waals surface area contributed by atoms with Gasteiger partial charge in [0.1, 0.15) is 0 Å². The zero-order valence-electron chi connectivity index (χ0n) is 10.8. The molecule has 0 aliphatic carbocycles. The molecule has 0 radical (unpaired) electrons. The van der Waals surface area contributed by atoms with E-state index >= 15 is 0 Å². The fraction of sp³-hybridized carbons (Fsp3) is 0.643. The predicted molar refractivity (Wildman–Crippen MR) is 68.5 cm³/mol. The van der Waals surface area contributed by atoms with Crippen LogP contribution in [0.4, 0.5) is 0 Å². The standard InChI is InChI=1S/C14H22N2O/c1-14(2)6-5-13(11-17)10-16(14)9-12-4-3-7-15-8-12/h3-4,7-8,13,17H,5-6,9-11H2,1-2H3. The van der Waals surface area contributed by atoms with Gasteiger partial charge in [0.25, 0.3) is 0 Å². The maximum Gasteiger partial charge on any atom is 0.0471 e. The predicted octanol–water partition coefficient (Wildman–Crippen LogP) is 2.06. The Morgan fingerprint density at radius 2 is 2.35 bits per heavy atom. The molecule has 1 saturated heterocycles. The highest BCUT2D eigenvalue weighted by Crippen LogP contribution is 2.31. The van der Waals surface area contributed by atoms with Crippen molar-refractivity contribution in [2.24, 2.45) is 5.92 Å². The molecule has 1 aromatic heterocycles. The van der Waals surface area contributed by atoms with Crippen LogP contribution in [0.15, 0.2) is 24.5 Å². The summed E-state index contributed by atoms with van der Waals surface area (Å²) < 4.78 is 0. The lowest BCUT2D eigenvalue weighted by atomic mass is 9.85. The molecule has 0 bridgehead atoms. The molecular formula is C14H22N2O. The van der Waals surface area contributed by atoms with E-state index in [-0.39, 0.29) is 5.54 Å². The number of aliphatic hydroxyl groups is 1. The SMILES string of the molecule is CC1(C)CCC(CO)CN1Cc1cccnc1. The van der Waals surface area contributed by atoms with Crippen LogP contribution in [-0.2, 0) is 6.54 Å². The number of piperidine rings is 1. The first kappa shape index (κ1) is 12.5. The van der Waals surface area contributed by atoms with E-state index in [0.29, 0.717) is 12.5 Å². The normalized spacial score (nSPS) is 24.8. The summed E-state index contributed by atoms with van der Waals surface area (Å²) in [5, 5.41) is 9.31. The van der Waals surface area contributed by atoms with Gasteiger partial charge >= 0.3 is 0 Å². The molecule has 0 saturated carbocycles. The fourth-order valence-corrected chi connectivity index (χ4v) is 2.51. The minimum atomic E-state index is 0.224. The van der Waals surface area contributed by atoms with Crippen molar-refractivity contribution in [2.75, 3.05) is 13.2 Å². The molecule has 2 rings (SSSR count). The lowest BCUT2D eigenvalue weighted by Crippen LogP contribution is -2.50. The van der Waals surface area contributed by atoms with Crippen molar-refractivity contribution in [1.29, 1.82) is 0 Å². The molecule has 3 nitrogen and oxygen atoms in total. The maximum atomic E-state index is 9.31. The van der Waals surface area contributed by atoms with Gasteiger partial charge in [0.05, 0.1) is 0 Å². The van der Waals surface area contributed by atoms with Crippen LogP contribution in [0.25, 0.3) is 0 Å². The molecule has 1 aliphatic heterocycles. The van der Waals surface area contributed by atoms with Gasteiger partial charge < -0.3 is 5.11 Å². The number of aromatic nitrogens is 1. The monoisotopic (exact) mass is 234 g/mol. The minimum Gasteiger partial charge on any atom is -0.396 e. The molecule has 3 heteroatoms. The summed E-state index contributed by atoms with van der Waals surface area (Å²) in [4.78, 5) is 6.63. The van der Waals surface area contributed by atoms with Gasteiger partial charge in [-0.1, -0.05) is 6.07 Å². The quantitative estimate of drug-likeness (QED) is 0.869. The summed E-state index contributed by atoms with van der Waals surface area (Å²) >= 11 is 0. The van der Waals surface area contributed by atoms with E-state index in [1.54, 1.807) is 6.20 Å². The summed E-state index contributed by atoms with van der Waals surface area (Å²) in [5.74, 6) is 0.430. The third-order valence-electron chi connectivity index (χ3n) is 3.85. The highest BCUT2D eigenvalue weighted by atomic mass is 16.3. The summed E-state index contributed by atoms with van der Waals surface area (Å²) in [6.45, 7) is 6.79. The first-order valence-electron chi connectivity index (χ1n) is 6.36. The van der Waals surface area contributed by atoms with Crippen molar-refractivity contribution in [3.63, 3.8) is 0 Å². The van der Waals surface area contributed by atoms with Gasteiger partial charge in [-0.25, -0.2) is 0 Å². The summed E-state index contributed by atoms with van der Waals surface area (Å²) in [7, 11) is 0. The molecule has 0 aromatic carbocycles. The second-order valence-electron chi connectivity index (χ2n) is 5.64. The van der Waals surface area contributed by atoms with Crippen LogP contribution in [0.1, 0.15) is 32.3 Å². The number of hydrogen-bond donors (Lipinski definition) is 1. The highest BCUT2D eigenvalue weighted by molar-refractivity contribution is 5.09. The molecule has 94 valence electrons. The van der Waals surface area contributed by atoms with Crippen molar-refractivity contribution in [2.45, 2.75) is 38.8 Å². The number of likely N-dealkylation sites (tertiary alicyclic amines) is 1. The van der Waals surface area contributed by atoms with E-state index in [4.69, 9.17) is 0 Å². The first-order valence-corrected chi connectivity index (χ1v) is 6.36. The van der Waals surface area contributed by atoms with Gasteiger partial charge in [-0.15, -0.1) is 0 Å². The molecule has 1 N–H and O–H groups in total. The summed E-state index contributed by atoms with van der Waals surface area (Å²) in [6.07, 6.45) is 6.02. The Morgan fingerprint density at radius 3 is 3.00 bits per heavy atom. The van der Waals surface area contributed by atoms with E-state index in [0.717, 1.165) is 25.9 Å². The van der Waals surface area contributed by atoms with Crippen molar-refractivity contribution >= 4 is 0 Å². The zero-order valence-corrected chi connectivity index (χ0v) is 10.8. The third kappa shape index (κ3) is 3.05. The Morgan fingerprint density at radius 1 is 1.53 bits per heavy atom. The number of nitrogens with zero attached hydrogens (tertiary/aromatic N) is 2. The maximum absolute atomic E-state index is 9.31. The number of rotatable bonds is 3. The van der Waals surface area contributed by atoms with Crippen LogP contribution in [0.3, 0.4) is 0 Å². The van der Waals surface area contributed by atoms with Gasteiger partial charge in [0.2, 0.25) is 0 Å². The third-order valence-corrected chi connectivity index (χ3v) is 3.85. The van der Waals surface area contributed by atoms with Crippen LogP contribution >= 0.6 is 0 Å². The lowest BCUT2D eigenvalue weighted by molar-refractivity contribution is 0.0197. The van der Waals surface area contributed by atoms with Crippen molar-refractivity contribution in [1.82, 2.24) is 9.88 Å². The lowest BCUT2D eigenvalue weighted by Gasteiger charge is -2.45. The van der Waals surface area contributed by atoms with E-state index in [1.165, 1.54) is 5.56 Å². The van der Waals surface area contributed by atoms with Crippen LogP contribution in [0.2, 0.25) is 0 Å². The average molecular weight is 234 g/mol. The van der Waals surface area contributed by atoms with Crippen molar-refractivity contribution < 1.29 is 5.11 Å². The second kappa shape index (κ2) is 5.15. The molecule has 0 amide bonds. The highest BCUT2D eigenvalue weighted by Gasteiger charge is 2.33.